The van der Waals surface area contributed by atoms with Crippen molar-refractivity contribution in [2.75, 3.05) is 7.11 Å². The van der Waals surface area contributed by atoms with Crippen LogP contribution in [0.5, 0.6) is 5.75 Å². The molecule has 1 N–H and O–H groups in total. The lowest BCUT2D eigenvalue weighted by Crippen LogP contribution is -2.50. The van der Waals surface area contributed by atoms with Crippen LogP contribution in [0.3, 0.4) is 0 Å². The number of nitrogens with zero attached hydrogens (tertiary/aromatic N) is 1. The minimum Gasteiger partial charge on any atom is -0.493 e. The molecule has 0 bridgehead atoms. The van der Waals surface area contributed by atoms with Crippen molar-refractivity contribution in [2.45, 2.75) is 156 Å². The second-order valence-electron chi connectivity index (χ2n) is 15.7. The van der Waals surface area contributed by atoms with Crippen LogP contribution in [0.4, 0.5) is 5.69 Å². The van der Waals surface area contributed by atoms with Gasteiger partial charge in [-0.2, -0.15) is 0 Å². The molecule has 0 radical (unpaired) electrons. The fourth-order valence-electron chi connectivity index (χ4n) is 8.17. The fourth-order valence-corrected chi connectivity index (χ4v) is 19.4. The first-order chi connectivity index (χ1) is 21.2. The predicted octanol–water partition coefficient (Wildman–Crippen LogP) is 11.5. The Morgan fingerprint density at radius 3 is 1.54 bits per heavy atom. The zero-order valence-corrected chi connectivity index (χ0v) is 33.9. The summed E-state index contributed by atoms with van der Waals surface area (Å²) in [5, 5.41) is 13.2. The molecule has 0 aliphatic rings. The monoisotopic (exact) mass is 672 g/mol. The largest absolute Gasteiger partial charge is 0.493 e. The SMILES string of the molecule is COc1c(C#C[C@H](O[Si](C(C)C)(C(C)C)C(C)C)C(C)C)c([N+](=O)[O-])cc2cc([C@H](O[Si](C(C)C)(C(C)C)C(C)C)C(C)C)[nH]c12. The van der Waals surface area contributed by atoms with Gasteiger partial charge in [-0.3, -0.25) is 10.1 Å². The summed E-state index contributed by atoms with van der Waals surface area (Å²) in [4.78, 5) is 15.7. The molecule has 0 aliphatic heterocycles. The highest BCUT2D eigenvalue weighted by Crippen LogP contribution is 2.48. The van der Waals surface area contributed by atoms with Gasteiger partial charge >= 0.3 is 0 Å². The van der Waals surface area contributed by atoms with E-state index in [4.69, 9.17) is 13.6 Å². The topological polar surface area (TPSA) is 86.6 Å². The summed E-state index contributed by atoms with van der Waals surface area (Å²) in [6, 6.07) is 3.62. The van der Waals surface area contributed by atoms with Crippen LogP contribution >= 0.6 is 0 Å². The van der Waals surface area contributed by atoms with E-state index in [-0.39, 0.29) is 40.2 Å². The predicted molar refractivity (Wildman–Crippen MR) is 199 cm³/mol. The lowest BCUT2D eigenvalue weighted by molar-refractivity contribution is -0.385. The van der Waals surface area contributed by atoms with Gasteiger partial charge in [0, 0.05) is 17.1 Å². The van der Waals surface area contributed by atoms with Crippen molar-refractivity contribution in [3.63, 3.8) is 0 Å². The number of aromatic amines is 1. The Morgan fingerprint density at radius 1 is 0.717 bits per heavy atom. The average molecular weight is 673 g/mol. The van der Waals surface area contributed by atoms with Crippen molar-refractivity contribution in [3.05, 3.63) is 33.5 Å². The van der Waals surface area contributed by atoms with Crippen molar-refractivity contribution in [3.8, 4) is 17.6 Å². The Morgan fingerprint density at radius 2 is 1.17 bits per heavy atom. The van der Waals surface area contributed by atoms with E-state index in [1.54, 1.807) is 13.2 Å². The number of aromatic nitrogens is 1. The quantitative estimate of drug-likeness (QED) is 0.0880. The number of hydrogen-bond donors (Lipinski definition) is 1. The minimum atomic E-state index is -2.24. The third kappa shape index (κ3) is 7.77. The van der Waals surface area contributed by atoms with E-state index in [1.807, 2.05) is 6.07 Å². The van der Waals surface area contributed by atoms with Crippen molar-refractivity contribution in [1.82, 2.24) is 4.98 Å². The van der Waals surface area contributed by atoms with Crippen LogP contribution in [0.1, 0.15) is 128 Å². The number of rotatable bonds is 15. The number of fused-ring (bicyclic) bond motifs is 1. The summed E-state index contributed by atoms with van der Waals surface area (Å²) in [7, 11) is -2.91. The van der Waals surface area contributed by atoms with Gasteiger partial charge in [-0.05, 0) is 51.1 Å². The first-order valence-electron chi connectivity index (χ1n) is 17.4. The zero-order chi connectivity index (χ0) is 35.5. The van der Waals surface area contributed by atoms with Crippen LogP contribution in [0.25, 0.3) is 10.9 Å². The van der Waals surface area contributed by atoms with E-state index < -0.39 is 16.6 Å². The lowest BCUT2D eigenvalue weighted by atomic mass is 10.0. The van der Waals surface area contributed by atoms with Gasteiger partial charge in [0.05, 0.1) is 23.7 Å². The second-order valence-corrected chi connectivity index (χ2v) is 26.5. The third-order valence-electron chi connectivity index (χ3n) is 10.2. The number of nitro benzene ring substituents is 1. The highest BCUT2D eigenvalue weighted by Gasteiger charge is 2.48. The molecule has 0 saturated carbocycles. The molecule has 0 spiro atoms. The smallest absolute Gasteiger partial charge is 0.289 e. The molecular weight excluding hydrogens is 609 g/mol. The van der Waals surface area contributed by atoms with E-state index in [0.29, 0.717) is 49.9 Å². The van der Waals surface area contributed by atoms with Gasteiger partial charge in [-0.1, -0.05) is 123 Å². The van der Waals surface area contributed by atoms with Gasteiger partial charge in [0.15, 0.2) is 5.75 Å². The number of ether oxygens (including phenoxy) is 1. The van der Waals surface area contributed by atoms with E-state index in [1.165, 1.54) is 0 Å². The van der Waals surface area contributed by atoms with E-state index in [0.717, 1.165) is 5.69 Å². The van der Waals surface area contributed by atoms with Crippen LogP contribution in [-0.4, -0.2) is 39.8 Å². The normalized spacial score (nSPS) is 14.5. The van der Waals surface area contributed by atoms with Crippen LogP contribution in [0.2, 0.25) is 33.2 Å². The average Bonchev–Trinajstić information content (AvgIpc) is 3.34. The van der Waals surface area contributed by atoms with Crippen LogP contribution in [-0.2, 0) is 8.85 Å². The Labute approximate surface area is 282 Å². The molecule has 46 heavy (non-hydrogen) atoms. The standard InChI is InChI=1S/C37H64N2O5Si2/c1-22(2)34(43-45(24(5)6,25(7)8)26(9)10)19-18-31-33(39(40)41)21-30-20-32(38-35(30)37(31)42-17)36(23(3)4)44-46(27(11)12,28(13)14)29(15)16/h20-29,34,36,38H,1-17H3/t34-,36+/m0/s1. The molecule has 1 aromatic heterocycles. The number of benzene rings is 1. The molecule has 2 rings (SSSR count). The maximum atomic E-state index is 12.5. The van der Waals surface area contributed by atoms with Gasteiger partial charge in [0.2, 0.25) is 16.6 Å². The highest BCUT2D eigenvalue weighted by atomic mass is 28.4. The van der Waals surface area contributed by atoms with Crippen LogP contribution < -0.4 is 4.74 Å². The number of nitrogens with one attached hydrogen (secondary N) is 1. The number of H-pyrrole nitrogens is 1. The van der Waals surface area contributed by atoms with Gasteiger partial charge in [-0.25, -0.2) is 0 Å². The minimum absolute atomic E-state index is 0.0673. The molecule has 7 nitrogen and oxygen atoms in total. The van der Waals surface area contributed by atoms with E-state index in [9.17, 15) is 10.1 Å². The van der Waals surface area contributed by atoms with Crippen molar-refractivity contribution >= 4 is 33.2 Å². The Kier molecular flexibility index (Phi) is 13.8. The second kappa shape index (κ2) is 15.8. The maximum absolute atomic E-state index is 12.5. The molecule has 2 atom stereocenters. The lowest BCUT2D eigenvalue weighted by Gasteiger charge is -2.45. The number of methoxy groups -OCH3 is 1. The maximum Gasteiger partial charge on any atom is 0.289 e. The molecule has 9 heteroatoms. The van der Waals surface area contributed by atoms with Crippen molar-refractivity contribution in [2.24, 2.45) is 11.8 Å². The molecule has 0 unspecified atom stereocenters. The van der Waals surface area contributed by atoms with Crippen LogP contribution in [0, 0.1) is 33.8 Å². The molecule has 1 heterocycles. The third-order valence-corrected chi connectivity index (χ3v) is 22.4. The molecule has 1 aromatic carbocycles. The molecule has 2 aromatic rings. The summed E-state index contributed by atoms with van der Waals surface area (Å²) < 4.78 is 20.3. The van der Waals surface area contributed by atoms with Gasteiger partial charge in [-0.15, -0.1) is 0 Å². The Balaban J connectivity index is 2.82. The van der Waals surface area contributed by atoms with Gasteiger partial charge in [0.1, 0.15) is 11.7 Å². The number of nitro groups is 1. The molecule has 0 fully saturated rings. The molecule has 0 aliphatic carbocycles. The highest BCUT2D eigenvalue weighted by molar-refractivity contribution is 6.78. The summed E-state index contributed by atoms with van der Waals surface area (Å²) in [6.07, 6.45) is -0.553. The Hall–Kier alpha value is -2.13. The summed E-state index contributed by atoms with van der Waals surface area (Å²) in [6.45, 7) is 35.8. The van der Waals surface area contributed by atoms with Gasteiger partial charge < -0.3 is 18.6 Å². The molecule has 0 amide bonds. The number of hydrogen-bond acceptors (Lipinski definition) is 5. The Bertz CT molecular complexity index is 1340. The van der Waals surface area contributed by atoms with E-state index >= 15 is 0 Å². The van der Waals surface area contributed by atoms with Crippen molar-refractivity contribution < 1.29 is 18.5 Å². The van der Waals surface area contributed by atoms with Crippen LogP contribution in [0.15, 0.2) is 12.1 Å². The summed E-state index contributed by atoms with van der Waals surface area (Å²) in [5.74, 6) is 7.24. The molecular formula is C37H64N2O5Si2. The fraction of sp³-hybridized carbons (Fsp3) is 0.730. The zero-order valence-electron chi connectivity index (χ0n) is 31.9. The first-order valence-corrected chi connectivity index (χ1v) is 21.7. The van der Waals surface area contributed by atoms with Crippen molar-refractivity contribution in [1.29, 1.82) is 0 Å². The first kappa shape index (κ1) is 40.1. The molecule has 0 saturated heterocycles. The van der Waals surface area contributed by atoms with Gasteiger partial charge in [0.25, 0.3) is 5.69 Å². The summed E-state index contributed by atoms with van der Waals surface area (Å²) in [5.41, 5.74) is 4.28. The summed E-state index contributed by atoms with van der Waals surface area (Å²) >= 11 is 0. The van der Waals surface area contributed by atoms with E-state index in [2.05, 4.69) is 128 Å². The molecule has 260 valence electrons.